The van der Waals surface area contributed by atoms with Crippen molar-refractivity contribution in [3.8, 4) is 0 Å². The zero-order valence-corrected chi connectivity index (χ0v) is 22.6. The van der Waals surface area contributed by atoms with Crippen LogP contribution >= 0.6 is 0 Å². The summed E-state index contributed by atoms with van der Waals surface area (Å²) in [5, 5.41) is 0. The van der Waals surface area contributed by atoms with E-state index in [0.717, 1.165) is 32.1 Å². The minimum absolute atomic E-state index is 0.0134. The minimum Gasteiger partial charge on any atom is -0.469 e. The van der Waals surface area contributed by atoms with E-state index in [1.54, 1.807) is 6.92 Å². The van der Waals surface area contributed by atoms with Gasteiger partial charge in [-0.3, -0.25) is 14.4 Å². The molecule has 6 heteroatoms. The number of esters is 3. The molecule has 4 saturated carbocycles. The van der Waals surface area contributed by atoms with Crippen molar-refractivity contribution < 1.29 is 28.6 Å². The Hall–Kier alpha value is -1.59. The Kier molecular flexibility index (Phi) is 7.60. The maximum atomic E-state index is 12.2. The van der Waals surface area contributed by atoms with Crippen LogP contribution in [0.2, 0.25) is 0 Å². The number of carbonyl (C=O) groups excluding carboxylic acids is 3. The number of ether oxygens (including phenoxy) is 3. The van der Waals surface area contributed by atoms with Gasteiger partial charge in [-0.2, -0.15) is 0 Å². The monoisotopic (exact) mass is 490 g/mol. The van der Waals surface area contributed by atoms with Gasteiger partial charge in [0.1, 0.15) is 12.2 Å². The second-order valence-corrected chi connectivity index (χ2v) is 12.7. The van der Waals surface area contributed by atoms with Crippen molar-refractivity contribution in [2.75, 3.05) is 7.11 Å². The molecule has 0 aliphatic heterocycles. The van der Waals surface area contributed by atoms with Gasteiger partial charge in [0.2, 0.25) is 0 Å². The van der Waals surface area contributed by atoms with E-state index in [4.69, 9.17) is 14.2 Å². The van der Waals surface area contributed by atoms with Gasteiger partial charge >= 0.3 is 17.9 Å². The molecule has 0 aromatic rings. The molecular weight excluding hydrogens is 444 g/mol. The van der Waals surface area contributed by atoms with Crippen LogP contribution in [0.4, 0.5) is 0 Å². The Labute approximate surface area is 211 Å². The largest absolute Gasteiger partial charge is 0.469 e. The highest BCUT2D eigenvalue weighted by Gasteiger charge is 2.63. The maximum Gasteiger partial charge on any atom is 0.305 e. The fraction of sp³-hybridized carbons (Fsp3) is 0.897. The SMILES string of the molecule is COC(=O)CC[C@@H](C)[C@@H]1CC[C@@H]2[C@@H]3[C@@H](CC[C@@]21C)[C@@]1(C)CC[C@H](OC(C)=O)C[C@@H]1C[C@H]3OC(C)=O. The molecule has 0 aromatic heterocycles. The lowest BCUT2D eigenvalue weighted by atomic mass is 9.43. The van der Waals surface area contributed by atoms with Crippen molar-refractivity contribution in [1.82, 2.24) is 0 Å². The quantitative estimate of drug-likeness (QED) is 0.351. The van der Waals surface area contributed by atoms with Crippen molar-refractivity contribution >= 4 is 17.9 Å². The summed E-state index contributed by atoms with van der Waals surface area (Å²) in [6.45, 7) is 10.3. The zero-order chi connectivity index (χ0) is 25.5. The van der Waals surface area contributed by atoms with Crippen LogP contribution in [0.5, 0.6) is 0 Å². The molecule has 198 valence electrons. The summed E-state index contributed by atoms with van der Waals surface area (Å²) in [7, 11) is 1.47. The van der Waals surface area contributed by atoms with Gasteiger partial charge in [0.15, 0.2) is 0 Å². The first-order chi connectivity index (χ1) is 16.5. The zero-order valence-electron chi connectivity index (χ0n) is 22.6. The molecule has 0 radical (unpaired) electrons. The summed E-state index contributed by atoms with van der Waals surface area (Å²) in [5.74, 6) is 2.43. The van der Waals surface area contributed by atoms with E-state index >= 15 is 0 Å². The summed E-state index contributed by atoms with van der Waals surface area (Å²) in [4.78, 5) is 35.6. The molecule has 0 N–H and O–H groups in total. The third kappa shape index (κ3) is 4.87. The second-order valence-electron chi connectivity index (χ2n) is 12.7. The van der Waals surface area contributed by atoms with Crippen LogP contribution in [-0.2, 0) is 28.6 Å². The summed E-state index contributed by atoms with van der Waals surface area (Å²) in [5.41, 5.74) is 0.418. The van der Waals surface area contributed by atoms with Gasteiger partial charge < -0.3 is 14.2 Å². The van der Waals surface area contributed by atoms with Crippen LogP contribution in [0.3, 0.4) is 0 Å². The van der Waals surface area contributed by atoms with Gasteiger partial charge in [0, 0.05) is 26.2 Å². The highest BCUT2D eigenvalue weighted by molar-refractivity contribution is 5.69. The van der Waals surface area contributed by atoms with Gasteiger partial charge in [-0.1, -0.05) is 20.8 Å². The van der Waals surface area contributed by atoms with Gasteiger partial charge in [0.25, 0.3) is 0 Å². The first-order valence-corrected chi connectivity index (χ1v) is 13.9. The fourth-order valence-electron chi connectivity index (χ4n) is 9.46. The third-order valence-electron chi connectivity index (χ3n) is 11.1. The molecule has 0 spiro atoms. The van der Waals surface area contributed by atoms with E-state index in [1.165, 1.54) is 39.7 Å². The predicted molar refractivity (Wildman–Crippen MR) is 132 cm³/mol. The van der Waals surface area contributed by atoms with Crippen molar-refractivity contribution in [3.05, 3.63) is 0 Å². The average molecular weight is 491 g/mol. The number of methoxy groups -OCH3 is 1. The predicted octanol–water partition coefficient (Wildman–Crippen LogP) is 5.71. The first-order valence-electron chi connectivity index (χ1n) is 13.9. The molecule has 0 unspecified atom stereocenters. The second kappa shape index (κ2) is 10.0. The number of fused-ring (bicyclic) bond motifs is 5. The van der Waals surface area contributed by atoms with Crippen LogP contribution in [0, 0.1) is 46.3 Å². The summed E-state index contributed by atoms with van der Waals surface area (Å²) in [6, 6.07) is 0. The highest BCUT2D eigenvalue weighted by atomic mass is 16.5. The smallest absolute Gasteiger partial charge is 0.305 e. The van der Waals surface area contributed by atoms with Crippen LogP contribution in [0.25, 0.3) is 0 Å². The number of hydrogen-bond donors (Lipinski definition) is 0. The average Bonchev–Trinajstić information content (AvgIpc) is 3.14. The van der Waals surface area contributed by atoms with Gasteiger partial charge in [0.05, 0.1) is 7.11 Å². The lowest BCUT2D eigenvalue weighted by Crippen LogP contribution is -2.59. The molecule has 4 rings (SSSR count). The molecule has 0 aromatic carbocycles. The van der Waals surface area contributed by atoms with E-state index in [-0.39, 0.29) is 40.9 Å². The number of rotatable bonds is 6. The highest BCUT2D eigenvalue weighted by Crippen LogP contribution is 2.68. The molecule has 35 heavy (non-hydrogen) atoms. The Morgan fingerprint density at radius 1 is 0.886 bits per heavy atom. The molecule has 0 amide bonds. The standard InChI is InChI=1S/C29H46O6/c1-17(7-10-26(32)33-6)22-8-9-23-27-24(12-14-29(22,23)5)28(4)13-11-21(34-18(2)30)15-20(28)16-25(27)35-19(3)31/h17,20-25,27H,7-16H2,1-6H3/t17-,20-,21+,22+,23-,24-,25-,27-,28+,29-/m1/s1. The molecular formula is C29H46O6. The molecule has 4 aliphatic carbocycles. The number of carbonyl (C=O) groups is 3. The maximum absolute atomic E-state index is 12.2. The Balaban J connectivity index is 1.57. The minimum atomic E-state index is -0.199. The summed E-state index contributed by atoms with van der Waals surface area (Å²) in [6.07, 6.45) is 9.80. The molecule has 6 nitrogen and oxygen atoms in total. The fourth-order valence-corrected chi connectivity index (χ4v) is 9.46. The molecule has 10 atom stereocenters. The van der Waals surface area contributed by atoms with Crippen molar-refractivity contribution in [2.45, 2.75) is 111 Å². The Morgan fingerprint density at radius 2 is 1.54 bits per heavy atom. The normalized spacial score (nSPS) is 43.2. The lowest BCUT2D eigenvalue weighted by molar-refractivity contribution is -0.197. The van der Waals surface area contributed by atoms with E-state index in [2.05, 4.69) is 20.8 Å². The molecule has 4 fully saturated rings. The van der Waals surface area contributed by atoms with Gasteiger partial charge in [-0.05, 0) is 98.2 Å². The third-order valence-corrected chi connectivity index (χ3v) is 11.1. The van der Waals surface area contributed by atoms with Crippen LogP contribution in [0.15, 0.2) is 0 Å². The molecule has 4 aliphatic rings. The molecule has 0 saturated heterocycles. The lowest BCUT2D eigenvalue weighted by Gasteiger charge is -2.62. The topological polar surface area (TPSA) is 78.9 Å². The van der Waals surface area contributed by atoms with Crippen molar-refractivity contribution in [3.63, 3.8) is 0 Å². The van der Waals surface area contributed by atoms with E-state index < -0.39 is 0 Å². The van der Waals surface area contributed by atoms with Gasteiger partial charge in [-0.25, -0.2) is 0 Å². The van der Waals surface area contributed by atoms with Gasteiger partial charge in [-0.15, -0.1) is 0 Å². The number of hydrogen-bond acceptors (Lipinski definition) is 6. The summed E-state index contributed by atoms with van der Waals surface area (Å²) < 4.78 is 16.6. The summed E-state index contributed by atoms with van der Waals surface area (Å²) >= 11 is 0. The van der Waals surface area contributed by atoms with Crippen LogP contribution < -0.4 is 0 Å². The van der Waals surface area contributed by atoms with Crippen molar-refractivity contribution in [1.29, 1.82) is 0 Å². The van der Waals surface area contributed by atoms with Crippen LogP contribution in [0.1, 0.15) is 98.8 Å². The van der Waals surface area contributed by atoms with E-state index in [9.17, 15) is 14.4 Å². The van der Waals surface area contributed by atoms with Crippen LogP contribution in [-0.4, -0.2) is 37.2 Å². The Bertz CT molecular complexity index is 824. The van der Waals surface area contributed by atoms with Crippen molar-refractivity contribution in [2.24, 2.45) is 46.3 Å². The first kappa shape index (κ1) is 26.5. The Morgan fingerprint density at radius 3 is 2.20 bits per heavy atom. The van der Waals surface area contributed by atoms with E-state index in [1.807, 2.05) is 0 Å². The van der Waals surface area contributed by atoms with E-state index in [0.29, 0.717) is 41.9 Å². The molecule has 0 heterocycles. The molecule has 0 bridgehead atoms.